The summed E-state index contributed by atoms with van der Waals surface area (Å²) in [4.78, 5) is 52.5. The van der Waals surface area contributed by atoms with Crippen molar-refractivity contribution in [1.82, 2.24) is 30.1 Å². The van der Waals surface area contributed by atoms with Crippen molar-refractivity contribution in [2.45, 2.75) is 51.2 Å². The number of likely N-dealkylation sites (tertiary alicyclic amines) is 1. The van der Waals surface area contributed by atoms with Gasteiger partial charge in [0.25, 0.3) is 11.8 Å². The predicted molar refractivity (Wildman–Crippen MR) is 162 cm³/mol. The molecule has 246 valence electrons. The van der Waals surface area contributed by atoms with Crippen molar-refractivity contribution in [2.75, 3.05) is 65.9 Å². The maximum absolute atomic E-state index is 12.9. The van der Waals surface area contributed by atoms with Crippen LogP contribution in [0.3, 0.4) is 0 Å². The monoisotopic (exact) mass is 636 g/mol. The second-order valence-electron chi connectivity index (χ2n) is 11.1. The molecule has 14 heteroatoms. The number of nitrogens with zero attached hydrogens (tertiary/aromatic N) is 5. The van der Waals surface area contributed by atoms with Gasteiger partial charge in [0.05, 0.1) is 59.0 Å². The number of nitrogens with one attached hydrogen (secondary N) is 1. The van der Waals surface area contributed by atoms with Crippen molar-refractivity contribution in [1.29, 1.82) is 0 Å². The Morgan fingerprint density at radius 2 is 1.65 bits per heavy atom. The van der Waals surface area contributed by atoms with Crippen molar-refractivity contribution in [3.63, 3.8) is 0 Å². The Bertz CT molecular complexity index is 1440. The molecule has 3 aliphatic heterocycles. The average Bonchev–Trinajstić information content (AvgIpc) is 3.68. The topological polar surface area (TPSA) is 154 Å². The summed E-state index contributed by atoms with van der Waals surface area (Å²) < 4.78 is 23.8. The molecule has 0 saturated carbocycles. The Labute approximate surface area is 267 Å². The Morgan fingerprint density at radius 3 is 2.39 bits per heavy atom. The molecule has 1 N–H and O–H groups in total. The molecule has 1 atom stereocenters. The van der Waals surface area contributed by atoms with Gasteiger partial charge in [0.2, 0.25) is 11.8 Å². The second-order valence-corrected chi connectivity index (χ2v) is 11.1. The Kier molecular flexibility index (Phi) is 12.2. The molecule has 14 nitrogen and oxygen atoms in total. The molecule has 1 unspecified atom stereocenters. The lowest BCUT2D eigenvalue weighted by Gasteiger charge is -2.29. The summed E-state index contributed by atoms with van der Waals surface area (Å²) in [5.74, 6) is 5.01. The first-order chi connectivity index (χ1) is 22.5. The van der Waals surface area contributed by atoms with Crippen molar-refractivity contribution >= 4 is 23.6 Å². The summed E-state index contributed by atoms with van der Waals surface area (Å²) in [7, 11) is 0. The molecule has 0 aliphatic carbocycles. The van der Waals surface area contributed by atoms with E-state index in [4.69, 9.17) is 18.9 Å². The Balaban J connectivity index is 0.875. The molecule has 0 spiro atoms. The smallest absolute Gasteiger partial charge is 0.276 e. The fraction of sp³-hybridized carbons (Fsp3) is 0.562. The first kappa shape index (κ1) is 33.2. The van der Waals surface area contributed by atoms with Gasteiger partial charge in [-0.3, -0.25) is 24.5 Å². The van der Waals surface area contributed by atoms with Crippen molar-refractivity contribution in [2.24, 2.45) is 0 Å². The zero-order valence-corrected chi connectivity index (χ0v) is 25.9. The zero-order valence-electron chi connectivity index (χ0n) is 25.9. The molecule has 2 fully saturated rings. The molecular weight excluding hydrogens is 596 g/mol. The number of piperidine rings is 2. The summed E-state index contributed by atoms with van der Waals surface area (Å²) in [6.45, 7) is 5.49. The summed E-state index contributed by atoms with van der Waals surface area (Å²) >= 11 is 0. The van der Waals surface area contributed by atoms with Crippen LogP contribution >= 0.6 is 0 Å². The molecule has 1 aromatic heterocycles. The van der Waals surface area contributed by atoms with Crippen LogP contribution < -0.4 is 5.32 Å². The number of amides is 4. The van der Waals surface area contributed by atoms with E-state index in [1.165, 1.54) is 11.3 Å². The number of hydrogen-bond acceptors (Lipinski definition) is 10. The van der Waals surface area contributed by atoms with E-state index >= 15 is 0 Å². The third-order valence-corrected chi connectivity index (χ3v) is 7.96. The van der Waals surface area contributed by atoms with Crippen LogP contribution in [0.2, 0.25) is 0 Å². The highest BCUT2D eigenvalue weighted by molar-refractivity contribution is 6.05. The number of aromatic nitrogens is 3. The van der Waals surface area contributed by atoms with Crippen molar-refractivity contribution < 1.29 is 38.1 Å². The van der Waals surface area contributed by atoms with E-state index in [9.17, 15) is 19.2 Å². The summed E-state index contributed by atoms with van der Waals surface area (Å²) in [5.41, 5.74) is 2.40. The van der Waals surface area contributed by atoms with Crippen LogP contribution in [0.15, 0.2) is 24.4 Å². The Morgan fingerprint density at radius 1 is 0.935 bits per heavy atom. The molecule has 3 aliphatic rings. The second kappa shape index (κ2) is 17.0. The van der Waals surface area contributed by atoms with Crippen LogP contribution in [0.4, 0.5) is 0 Å². The van der Waals surface area contributed by atoms with Crippen LogP contribution in [0, 0.1) is 11.8 Å². The molecule has 4 heterocycles. The van der Waals surface area contributed by atoms with Gasteiger partial charge in [-0.25, -0.2) is 4.68 Å². The maximum atomic E-state index is 12.9. The summed E-state index contributed by atoms with van der Waals surface area (Å²) in [5, 5.41) is 10.3. The molecule has 1 aromatic carbocycles. The molecule has 4 amide bonds. The number of fused-ring (bicyclic) bond motifs is 1. The number of rotatable bonds is 15. The number of carbonyl (C=O) groups is 4. The lowest BCUT2D eigenvalue weighted by Crippen LogP contribution is -2.52. The molecule has 0 bridgehead atoms. The third kappa shape index (κ3) is 8.97. The predicted octanol–water partition coefficient (Wildman–Crippen LogP) is 0.783. The van der Waals surface area contributed by atoms with Gasteiger partial charge in [-0.2, -0.15) is 0 Å². The number of imide groups is 1. The van der Waals surface area contributed by atoms with E-state index in [1.807, 2.05) is 11.0 Å². The standard InChI is InChI=1S/C32H40N6O8/c39-29-10-9-28(30(40)33-29)38-22-26-24(6-4-8-25(26)31(38)41)7-5-14-43-16-18-45-20-21-46-19-17-44-15-13-37-23-27(34-35-37)32(42)36-11-2-1-3-12-36/h4,6,8,23,28H,1-3,9-22H2,(H,33,39,40). The van der Waals surface area contributed by atoms with Gasteiger partial charge in [0, 0.05) is 37.2 Å². The average molecular weight is 637 g/mol. The largest absolute Gasteiger partial charge is 0.377 e. The molecule has 2 aromatic rings. The third-order valence-electron chi connectivity index (χ3n) is 7.96. The number of benzene rings is 1. The minimum atomic E-state index is -0.658. The first-order valence-corrected chi connectivity index (χ1v) is 15.8. The van der Waals surface area contributed by atoms with Gasteiger partial charge in [0.15, 0.2) is 5.69 Å². The van der Waals surface area contributed by atoms with Gasteiger partial charge in [0.1, 0.15) is 12.6 Å². The number of carbonyl (C=O) groups excluding carboxylic acids is 4. The molecular formula is C32H40N6O8. The van der Waals surface area contributed by atoms with E-state index in [-0.39, 0.29) is 37.3 Å². The van der Waals surface area contributed by atoms with E-state index in [0.29, 0.717) is 76.0 Å². The highest BCUT2D eigenvalue weighted by atomic mass is 16.6. The van der Waals surface area contributed by atoms with E-state index in [2.05, 4.69) is 27.5 Å². The van der Waals surface area contributed by atoms with Crippen LogP contribution in [0.1, 0.15) is 64.1 Å². The van der Waals surface area contributed by atoms with Crippen LogP contribution in [-0.2, 0) is 41.6 Å². The lowest BCUT2D eigenvalue weighted by atomic mass is 10.0. The fourth-order valence-electron chi connectivity index (χ4n) is 5.54. The first-order valence-electron chi connectivity index (χ1n) is 15.8. The van der Waals surface area contributed by atoms with E-state index in [0.717, 1.165) is 31.5 Å². The quantitative estimate of drug-likeness (QED) is 0.169. The zero-order chi connectivity index (χ0) is 32.1. The van der Waals surface area contributed by atoms with Gasteiger partial charge in [-0.1, -0.05) is 23.1 Å². The maximum Gasteiger partial charge on any atom is 0.276 e. The van der Waals surface area contributed by atoms with Crippen LogP contribution in [0.25, 0.3) is 0 Å². The van der Waals surface area contributed by atoms with E-state index in [1.54, 1.807) is 23.0 Å². The van der Waals surface area contributed by atoms with Crippen molar-refractivity contribution in [3.05, 3.63) is 46.8 Å². The minimum absolute atomic E-state index is 0.0592. The fourth-order valence-corrected chi connectivity index (χ4v) is 5.54. The van der Waals surface area contributed by atoms with Gasteiger partial charge >= 0.3 is 0 Å². The molecule has 46 heavy (non-hydrogen) atoms. The molecule has 5 rings (SSSR count). The number of ether oxygens (including phenoxy) is 4. The summed E-state index contributed by atoms with van der Waals surface area (Å²) in [6.07, 6.45) is 5.44. The van der Waals surface area contributed by atoms with E-state index < -0.39 is 11.9 Å². The SMILES string of the molecule is O=C1CCC(N2Cc3c(C#CCOCCOCCOCCOCCn4cc(C(=O)N5CCCCC5)nn4)cccc3C2=O)C(=O)N1. The van der Waals surface area contributed by atoms with Crippen LogP contribution in [0.5, 0.6) is 0 Å². The molecule has 0 radical (unpaired) electrons. The van der Waals surface area contributed by atoms with Crippen molar-refractivity contribution in [3.8, 4) is 11.8 Å². The summed E-state index contributed by atoms with van der Waals surface area (Å²) in [6, 6.07) is 4.69. The minimum Gasteiger partial charge on any atom is -0.377 e. The normalized spacial score (nSPS) is 17.9. The molecule has 2 saturated heterocycles. The Hall–Kier alpha value is -4.16. The highest BCUT2D eigenvalue weighted by Gasteiger charge is 2.39. The van der Waals surface area contributed by atoms with Crippen LogP contribution in [-0.4, -0.2) is 120 Å². The highest BCUT2D eigenvalue weighted by Crippen LogP contribution is 2.29. The van der Waals surface area contributed by atoms with Gasteiger partial charge in [-0.05, 0) is 43.4 Å². The number of hydrogen-bond donors (Lipinski definition) is 1. The van der Waals surface area contributed by atoms with Gasteiger partial charge in [-0.15, -0.1) is 5.10 Å². The van der Waals surface area contributed by atoms with Gasteiger partial charge < -0.3 is 28.7 Å². The lowest BCUT2D eigenvalue weighted by molar-refractivity contribution is -0.136.